The van der Waals surface area contributed by atoms with Crippen LogP contribution in [-0.2, 0) is 4.79 Å². The summed E-state index contributed by atoms with van der Waals surface area (Å²) in [7, 11) is 4.46. The van der Waals surface area contributed by atoms with E-state index in [1.807, 2.05) is 12.1 Å². The average molecular weight is 458 g/mol. The van der Waals surface area contributed by atoms with Crippen molar-refractivity contribution in [1.29, 1.82) is 0 Å². The summed E-state index contributed by atoms with van der Waals surface area (Å²) in [6, 6.07) is 8.95. The first-order valence-electron chi connectivity index (χ1n) is 12.0. The number of likely N-dealkylation sites (tertiary alicyclic amines) is 1. The van der Waals surface area contributed by atoms with Gasteiger partial charge in [0.1, 0.15) is 0 Å². The van der Waals surface area contributed by atoms with Gasteiger partial charge in [0.2, 0.25) is 5.91 Å². The standard InChI is InChI=1S/C28H31N3OS/c1-30-15-18(14-29-27(32)11-10-19-17-33-26-9-4-3-6-21(19)26)12-23-22-7-5-8-24-28(22)20(13-25(23)30)16-31(24)2/h3-11,16-18,22-23,25,28H,12-15H2,1-2H3,(H,29,32)/b11-10+/t18-,22?,23+,25+,28?/m0/s1. The Morgan fingerprint density at radius 2 is 2.15 bits per heavy atom. The Bertz CT molecular complexity index is 1200. The Hall–Kier alpha value is -2.63. The van der Waals surface area contributed by atoms with Gasteiger partial charge in [-0.05, 0) is 77.8 Å². The first-order chi connectivity index (χ1) is 16.1. The van der Waals surface area contributed by atoms with E-state index in [1.54, 1.807) is 23.0 Å². The number of carbonyl (C=O) groups is 1. The lowest BCUT2D eigenvalue weighted by atomic mass is 9.61. The molecular formula is C28H31N3OS. The largest absolute Gasteiger partial charge is 0.354 e. The zero-order chi connectivity index (χ0) is 22.5. The minimum atomic E-state index is 0.00382. The van der Waals surface area contributed by atoms with Crippen molar-refractivity contribution in [2.75, 3.05) is 27.2 Å². The van der Waals surface area contributed by atoms with Gasteiger partial charge in [-0.2, -0.15) is 0 Å². The van der Waals surface area contributed by atoms with E-state index in [4.69, 9.17) is 0 Å². The molecule has 1 aromatic carbocycles. The molecule has 1 saturated carbocycles. The minimum absolute atomic E-state index is 0.00382. The predicted molar refractivity (Wildman–Crippen MR) is 137 cm³/mol. The van der Waals surface area contributed by atoms with Crippen LogP contribution < -0.4 is 5.32 Å². The zero-order valence-corrected chi connectivity index (χ0v) is 20.1. The number of benzene rings is 1. The highest BCUT2D eigenvalue weighted by Crippen LogP contribution is 2.52. The number of allylic oxidation sites excluding steroid dienone is 4. The Morgan fingerprint density at radius 1 is 1.27 bits per heavy atom. The lowest BCUT2D eigenvalue weighted by Gasteiger charge is -2.51. The molecule has 33 heavy (non-hydrogen) atoms. The SMILES string of the molecule is CN1C=C2C[C@@H]3[C@H](C[C@@H](CNC(=O)/C=C/c4csc5ccccc45)CN3C)C3C=CC=C1C23. The van der Waals surface area contributed by atoms with Crippen LogP contribution in [0.5, 0.6) is 0 Å². The Labute approximate surface area is 200 Å². The molecule has 5 heteroatoms. The maximum absolute atomic E-state index is 12.6. The summed E-state index contributed by atoms with van der Waals surface area (Å²) in [5.41, 5.74) is 4.18. The Balaban J connectivity index is 1.11. The summed E-state index contributed by atoms with van der Waals surface area (Å²) in [4.78, 5) is 17.5. The van der Waals surface area contributed by atoms with Crippen LogP contribution in [0.4, 0.5) is 0 Å². The number of nitrogens with one attached hydrogen (secondary N) is 1. The molecule has 4 aliphatic rings. The van der Waals surface area contributed by atoms with E-state index < -0.39 is 0 Å². The van der Waals surface area contributed by atoms with Gasteiger partial charge in [-0.3, -0.25) is 4.79 Å². The Morgan fingerprint density at radius 3 is 3.06 bits per heavy atom. The molecule has 6 rings (SSSR count). The molecule has 2 unspecified atom stereocenters. The molecule has 1 aromatic heterocycles. The van der Waals surface area contributed by atoms with E-state index in [2.05, 4.69) is 77.2 Å². The summed E-state index contributed by atoms with van der Waals surface area (Å²) in [5.74, 6) is 2.28. The summed E-state index contributed by atoms with van der Waals surface area (Å²) < 4.78 is 1.26. The number of fused-ring (bicyclic) bond motifs is 3. The number of piperidine rings is 1. The maximum Gasteiger partial charge on any atom is 0.244 e. The molecule has 5 atom stereocenters. The van der Waals surface area contributed by atoms with Gasteiger partial charge in [-0.1, -0.05) is 30.4 Å². The van der Waals surface area contributed by atoms with Crippen molar-refractivity contribution >= 4 is 33.4 Å². The number of rotatable bonds is 4. The second kappa shape index (κ2) is 8.30. The van der Waals surface area contributed by atoms with Gasteiger partial charge in [0.05, 0.1) is 0 Å². The van der Waals surface area contributed by atoms with Gasteiger partial charge in [0.25, 0.3) is 0 Å². The van der Waals surface area contributed by atoms with E-state index in [0.717, 1.165) is 18.7 Å². The van der Waals surface area contributed by atoms with Crippen LogP contribution >= 0.6 is 11.3 Å². The van der Waals surface area contributed by atoms with Gasteiger partial charge >= 0.3 is 0 Å². The number of nitrogens with zero attached hydrogens (tertiary/aromatic N) is 2. The van der Waals surface area contributed by atoms with E-state index in [0.29, 0.717) is 29.7 Å². The summed E-state index contributed by atoms with van der Waals surface area (Å²) in [6.07, 6.45) is 15.4. The number of amides is 1. The van der Waals surface area contributed by atoms with Gasteiger partial charge in [0, 0.05) is 54.8 Å². The maximum atomic E-state index is 12.6. The fraction of sp³-hybridized carbons (Fsp3) is 0.393. The monoisotopic (exact) mass is 457 g/mol. The van der Waals surface area contributed by atoms with Crippen molar-refractivity contribution < 1.29 is 4.79 Å². The highest BCUT2D eigenvalue weighted by Gasteiger charge is 2.49. The molecule has 2 aliphatic heterocycles. The van der Waals surface area contributed by atoms with Gasteiger partial charge in [-0.25, -0.2) is 0 Å². The average Bonchev–Trinajstić information content (AvgIpc) is 3.39. The molecule has 0 bridgehead atoms. The smallest absolute Gasteiger partial charge is 0.244 e. The fourth-order valence-electron chi connectivity index (χ4n) is 6.63. The van der Waals surface area contributed by atoms with Crippen molar-refractivity contribution in [3.8, 4) is 0 Å². The number of thiophene rings is 1. The van der Waals surface area contributed by atoms with E-state index in [-0.39, 0.29) is 5.91 Å². The van der Waals surface area contributed by atoms with Crippen molar-refractivity contribution in [1.82, 2.24) is 15.1 Å². The van der Waals surface area contributed by atoms with Gasteiger partial charge in [-0.15, -0.1) is 11.3 Å². The lowest BCUT2D eigenvalue weighted by molar-refractivity contribution is -0.116. The summed E-state index contributed by atoms with van der Waals surface area (Å²) in [6.45, 7) is 1.79. The molecule has 2 aliphatic carbocycles. The summed E-state index contributed by atoms with van der Waals surface area (Å²) in [5, 5.41) is 6.52. The van der Waals surface area contributed by atoms with Crippen molar-refractivity contribution in [3.05, 3.63) is 77.0 Å². The highest BCUT2D eigenvalue weighted by molar-refractivity contribution is 7.17. The molecular weight excluding hydrogens is 426 g/mol. The van der Waals surface area contributed by atoms with Crippen LogP contribution in [0.1, 0.15) is 18.4 Å². The second-order valence-corrected chi connectivity index (χ2v) is 11.0. The topological polar surface area (TPSA) is 35.6 Å². The number of hydrogen-bond acceptors (Lipinski definition) is 4. The zero-order valence-electron chi connectivity index (χ0n) is 19.3. The molecule has 1 amide bonds. The van der Waals surface area contributed by atoms with E-state index in [1.165, 1.54) is 28.6 Å². The van der Waals surface area contributed by atoms with Crippen LogP contribution in [0.15, 0.2) is 71.4 Å². The molecule has 2 aromatic rings. The second-order valence-electron chi connectivity index (χ2n) is 10.1. The molecule has 2 fully saturated rings. The van der Waals surface area contributed by atoms with Crippen LogP contribution in [0.3, 0.4) is 0 Å². The quantitative estimate of drug-likeness (QED) is 0.665. The third kappa shape index (κ3) is 3.68. The van der Waals surface area contributed by atoms with Crippen LogP contribution in [0, 0.1) is 23.7 Å². The molecule has 3 heterocycles. The first-order valence-corrected chi connectivity index (χ1v) is 12.9. The highest BCUT2D eigenvalue weighted by atomic mass is 32.1. The molecule has 4 nitrogen and oxygen atoms in total. The van der Waals surface area contributed by atoms with Crippen molar-refractivity contribution in [2.45, 2.75) is 18.9 Å². The van der Waals surface area contributed by atoms with E-state index in [9.17, 15) is 4.79 Å². The van der Waals surface area contributed by atoms with Crippen LogP contribution in [0.2, 0.25) is 0 Å². The molecule has 0 spiro atoms. The fourth-order valence-corrected chi connectivity index (χ4v) is 7.56. The summed E-state index contributed by atoms with van der Waals surface area (Å²) >= 11 is 1.72. The molecule has 170 valence electrons. The molecule has 1 N–H and O–H groups in total. The van der Waals surface area contributed by atoms with Crippen molar-refractivity contribution in [2.24, 2.45) is 23.7 Å². The predicted octanol–water partition coefficient (Wildman–Crippen LogP) is 4.89. The number of carbonyl (C=O) groups excluding carboxylic acids is 1. The third-order valence-electron chi connectivity index (χ3n) is 8.11. The van der Waals surface area contributed by atoms with E-state index >= 15 is 0 Å². The lowest BCUT2D eigenvalue weighted by Crippen LogP contribution is -2.54. The molecule has 1 saturated heterocycles. The molecule has 0 radical (unpaired) electrons. The third-order valence-corrected chi connectivity index (χ3v) is 9.09. The number of hydrogen-bond donors (Lipinski definition) is 1. The first kappa shape index (κ1) is 20.9. The minimum Gasteiger partial charge on any atom is -0.354 e. The van der Waals surface area contributed by atoms with Crippen LogP contribution in [0.25, 0.3) is 16.2 Å². The Kier molecular flexibility index (Phi) is 5.27. The van der Waals surface area contributed by atoms with Gasteiger partial charge in [0.15, 0.2) is 0 Å². The van der Waals surface area contributed by atoms with Crippen molar-refractivity contribution in [3.63, 3.8) is 0 Å². The van der Waals surface area contributed by atoms with Crippen LogP contribution in [-0.4, -0.2) is 48.9 Å². The normalized spacial score (nSPS) is 30.8. The van der Waals surface area contributed by atoms with Gasteiger partial charge < -0.3 is 15.1 Å².